The van der Waals surface area contributed by atoms with Crippen molar-refractivity contribution >= 4 is 23.4 Å². The van der Waals surface area contributed by atoms with Crippen LogP contribution in [-0.4, -0.2) is 20.7 Å². The zero-order valence-electron chi connectivity index (χ0n) is 12.0. The first-order valence-corrected chi connectivity index (χ1v) is 7.28. The molecule has 116 valence electrons. The van der Waals surface area contributed by atoms with E-state index in [1.165, 1.54) is 38.4 Å². The van der Waals surface area contributed by atoms with Gasteiger partial charge in [-0.2, -0.15) is 0 Å². The molecule has 2 aromatic rings. The van der Waals surface area contributed by atoms with Crippen LogP contribution in [0.5, 0.6) is 0 Å². The number of hydrogen-bond donors (Lipinski definition) is 1. The van der Waals surface area contributed by atoms with E-state index in [0.29, 0.717) is 4.90 Å². The molecule has 0 saturated heterocycles. The molecule has 0 spiro atoms. The van der Waals surface area contributed by atoms with Crippen molar-refractivity contribution in [2.45, 2.75) is 4.90 Å². The van der Waals surface area contributed by atoms with Crippen molar-refractivity contribution < 1.29 is 9.18 Å². The van der Waals surface area contributed by atoms with E-state index < -0.39 is 17.0 Å². The molecule has 6 nitrogen and oxygen atoms in total. The molecule has 0 amide bonds. The van der Waals surface area contributed by atoms with Gasteiger partial charge in [-0.15, -0.1) is 11.8 Å². The van der Waals surface area contributed by atoms with E-state index in [1.807, 2.05) is 0 Å². The Balaban J connectivity index is 2.29. The van der Waals surface area contributed by atoms with Crippen LogP contribution in [0.2, 0.25) is 0 Å². The second-order valence-electron chi connectivity index (χ2n) is 4.63. The van der Waals surface area contributed by atoms with Gasteiger partial charge in [0, 0.05) is 19.0 Å². The summed E-state index contributed by atoms with van der Waals surface area (Å²) in [6, 6.07) is 5.64. The number of benzene rings is 1. The number of thioether (sulfide) groups is 1. The van der Waals surface area contributed by atoms with Gasteiger partial charge in [-0.25, -0.2) is 9.18 Å². The number of halogens is 1. The van der Waals surface area contributed by atoms with E-state index in [4.69, 9.17) is 5.73 Å². The first-order valence-electron chi connectivity index (χ1n) is 6.30. The smallest absolute Gasteiger partial charge is 0.332 e. The number of hydrogen-bond acceptors (Lipinski definition) is 5. The van der Waals surface area contributed by atoms with Crippen molar-refractivity contribution in [3.8, 4) is 0 Å². The van der Waals surface area contributed by atoms with Gasteiger partial charge in [0.15, 0.2) is 5.78 Å². The summed E-state index contributed by atoms with van der Waals surface area (Å²) in [6.07, 6.45) is 0. The first kappa shape index (κ1) is 16.0. The maximum absolute atomic E-state index is 12.8. The van der Waals surface area contributed by atoms with E-state index in [-0.39, 0.29) is 23.0 Å². The summed E-state index contributed by atoms with van der Waals surface area (Å²) in [5, 5.41) is 0. The first-order chi connectivity index (χ1) is 10.3. The number of carbonyl (C=O) groups excluding carboxylic acids is 1. The van der Waals surface area contributed by atoms with Gasteiger partial charge in [0.1, 0.15) is 17.2 Å². The largest absolute Gasteiger partial charge is 0.384 e. The molecule has 0 saturated carbocycles. The van der Waals surface area contributed by atoms with Crippen molar-refractivity contribution in [2.75, 3.05) is 11.5 Å². The molecule has 0 fully saturated rings. The Bertz CT molecular complexity index is 840. The van der Waals surface area contributed by atoms with E-state index in [2.05, 4.69) is 0 Å². The quantitative estimate of drug-likeness (QED) is 0.664. The van der Waals surface area contributed by atoms with Crippen molar-refractivity contribution in [2.24, 2.45) is 14.1 Å². The molecule has 0 atom stereocenters. The van der Waals surface area contributed by atoms with E-state index in [0.717, 1.165) is 20.9 Å². The van der Waals surface area contributed by atoms with Crippen molar-refractivity contribution in [1.82, 2.24) is 9.13 Å². The number of carbonyl (C=O) groups is 1. The highest BCUT2D eigenvalue weighted by Gasteiger charge is 2.20. The fraction of sp³-hybridized carbons (Fsp3) is 0.214. The number of nitrogen functional groups attached to an aromatic ring is 1. The van der Waals surface area contributed by atoms with Crippen LogP contribution in [0.1, 0.15) is 10.4 Å². The van der Waals surface area contributed by atoms with Crippen molar-refractivity contribution in [3.63, 3.8) is 0 Å². The monoisotopic (exact) mass is 323 g/mol. The fourth-order valence-electron chi connectivity index (χ4n) is 1.87. The summed E-state index contributed by atoms with van der Waals surface area (Å²) in [7, 11) is 2.68. The second kappa shape index (κ2) is 6.18. The lowest BCUT2D eigenvalue weighted by molar-refractivity contribution is 0.102. The van der Waals surface area contributed by atoms with Crippen LogP contribution >= 0.6 is 11.8 Å². The van der Waals surface area contributed by atoms with Gasteiger partial charge in [-0.1, -0.05) is 0 Å². The van der Waals surface area contributed by atoms with Gasteiger partial charge in [0.05, 0.1) is 5.75 Å². The highest BCUT2D eigenvalue weighted by Crippen LogP contribution is 2.19. The highest BCUT2D eigenvalue weighted by atomic mass is 32.2. The van der Waals surface area contributed by atoms with Gasteiger partial charge in [0.25, 0.3) is 5.56 Å². The molecule has 22 heavy (non-hydrogen) atoms. The molecule has 0 aliphatic heterocycles. The number of ketones is 1. The fourth-order valence-corrected chi connectivity index (χ4v) is 2.64. The van der Waals surface area contributed by atoms with Crippen molar-refractivity contribution in [3.05, 3.63) is 56.5 Å². The Kier molecular flexibility index (Phi) is 4.51. The Hall–Kier alpha value is -2.35. The SMILES string of the molecule is Cn1c(N)c(C(=O)CSc2ccc(F)cc2)c(=O)n(C)c1=O. The van der Waals surface area contributed by atoms with Crippen molar-refractivity contribution in [1.29, 1.82) is 0 Å². The van der Waals surface area contributed by atoms with Crippen LogP contribution in [0.4, 0.5) is 10.2 Å². The normalized spacial score (nSPS) is 10.7. The summed E-state index contributed by atoms with van der Waals surface area (Å²) < 4.78 is 14.7. The van der Waals surface area contributed by atoms with E-state index in [9.17, 15) is 18.8 Å². The average Bonchev–Trinajstić information content (AvgIpc) is 2.50. The topological polar surface area (TPSA) is 87.1 Å². The molecule has 0 aliphatic carbocycles. The zero-order valence-corrected chi connectivity index (χ0v) is 12.8. The lowest BCUT2D eigenvalue weighted by Crippen LogP contribution is -2.41. The molecule has 2 N–H and O–H groups in total. The summed E-state index contributed by atoms with van der Waals surface area (Å²) in [6.45, 7) is 0. The molecule has 0 bridgehead atoms. The van der Waals surface area contributed by atoms with Crippen LogP contribution in [0, 0.1) is 5.82 Å². The standard InChI is InChI=1S/C14H14FN3O3S/c1-17-12(16)11(13(20)18(2)14(17)21)10(19)7-22-9-5-3-8(15)4-6-9/h3-6H,7,16H2,1-2H3. The minimum absolute atomic E-state index is 0.0384. The zero-order chi connectivity index (χ0) is 16.4. The Morgan fingerprint density at radius 2 is 1.77 bits per heavy atom. The number of aromatic nitrogens is 2. The maximum atomic E-state index is 12.8. The number of Topliss-reactive ketones (excluding diaryl/α,β-unsaturated/α-hetero) is 1. The third kappa shape index (κ3) is 2.96. The van der Waals surface area contributed by atoms with E-state index in [1.54, 1.807) is 0 Å². The van der Waals surface area contributed by atoms with Gasteiger partial charge in [0.2, 0.25) is 0 Å². The van der Waals surface area contributed by atoms with E-state index >= 15 is 0 Å². The van der Waals surface area contributed by atoms with Crippen LogP contribution in [-0.2, 0) is 14.1 Å². The average molecular weight is 323 g/mol. The number of anilines is 1. The third-order valence-electron chi connectivity index (χ3n) is 3.17. The molecule has 0 radical (unpaired) electrons. The molecule has 0 aliphatic rings. The number of nitrogens with zero attached hydrogens (tertiary/aromatic N) is 2. The molecular weight excluding hydrogens is 309 g/mol. The molecule has 1 aromatic heterocycles. The maximum Gasteiger partial charge on any atom is 0.332 e. The summed E-state index contributed by atoms with van der Waals surface area (Å²) in [4.78, 5) is 36.7. The molecule has 1 aromatic carbocycles. The van der Waals surface area contributed by atoms with Crippen LogP contribution in [0.25, 0.3) is 0 Å². The minimum atomic E-state index is -0.717. The lowest BCUT2D eigenvalue weighted by Gasteiger charge is -2.10. The molecule has 2 rings (SSSR count). The highest BCUT2D eigenvalue weighted by molar-refractivity contribution is 8.00. The minimum Gasteiger partial charge on any atom is -0.384 e. The summed E-state index contributed by atoms with van der Waals surface area (Å²) in [5.74, 6) is -1.05. The van der Waals surface area contributed by atoms with Gasteiger partial charge >= 0.3 is 5.69 Å². The number of rotatable bonds is 4. The Labute approximate surface area is 129 Å². The van der Waals surface area contributed by atoms with Crippen LogP contribution in [0.3, 0.4) is 0 Å². The van der Waals surface area contributed by atoms with Gasteiger partial charge < -0.3 is 5.73 Å². The predicted octanol–water partition coefficient (Wildman–Crippen LogP) is 0.780. The molecular formula is C14H14FN3O3S. The predicted molar refractivity (Wildman–Crippen MR) is 82.8 cm³/mol. The summed E-state index contributed by atoms with van der Waals surface area (Å²) >= 11 is 1.16. The number of nitrogens with two attached hydrogens (primary N) is 1. The molecule has 1 heterocycles. The van der Waals surface area contributed by atoms with Gasteiger partial charge in [-0.05, 0) is 24.3 Å². The molecule has 8 heteroatoms. The second-order valence-corrected chi connectivity index (χ2v) is 5.68. The Morgan fingerprint density at radius 1 is 1.18 bits per heavy atom. The third-order valence-corrected chi connectivity index (χ3v) is 4.18. The molecule has 0 unspecified atom stereocenters. The summed E-state index contributed by atoms with van der Waals surface area (Å²) in [5.41, 5.74) is 4.19. The van der Waals surface area contributed by atoms with Crippen LogP contribution < -0.4 is 17.0 Å². The van der Waals surface area contributed by atoms with Crippen LogP contribution in [0.15, 0.2) is 38.8 Å². The lowest BCUT2D eigenvalue weighted by atomic mass is 10.2. The van der Waals surface area contributed by atoms with Gasteiger partial charge in [-0.3, -0.25) is 18.7 Å². The Morgan fingerprint density at radius 3 is 2.36 bits per heavy atom.